The Hall–Kier alpha value is -2.95. The van der Waals surface area contributed by atoms with Crippen molar-refractivity contribution in [2.75, 3.05) is 5.32 Å². The van der Waals surface area contributed by atoms with Crippen LogP contribution in [-0.2, 0) is 6.42 Å². The molecule has 1 aromatic carbocycles. The van der Waals surface area contributed by atoms with Crippen LogP contribution in [0, 0.1) is 0 Å². The lowest BCUT2D eigenvalue weighted by Crippen LogP contribution is -2.12. The standard InChI is InChI=1S/C18H18N4O/c1-2-6-15-12-20-17(21-15)14-9-10-19-16(11-14)22-18(23)13-7-4-3-5-8-13/h3-5,7-12H,2,6H2,1H3,(H,20,21)(H,19,22,23). The molecule has 3 rings (SSSR count). The third-order valence-electron chi connectivity index (χ3n) is 3.45. The number of hydrogen-bond donors (Lipinski definition) is 2. The monoisotopic (exact) mass is 306 g/mol. The van der Waals surface area contributed by atoms with Gasteiger partial charge in [-0.05, 0) is 30.7 Å². The summed E-state index contributed by atoms with van der Waals surface area (Å²) in [7, 11) is 0. The van der Waals surface area contributed by atoms with Gasteiger partial charge >= 0.3 is 0 Å². The smallest absolute Gasteiger partial charge is 0.256 e. The van der Waals surface area contributed by atoms with E-state index >= 15 is 0 Å². The Balaban J connectivity index is 1.78. The lowest BCUT2D eigenvalue weighted by molar-refractivity contribution is 0.102. The van der Waals surface area contributed by atoms with Crippen LogP contribution < -0.4 is 5.32 Å². The van der Waals surface area contributed by atoms with Crippen LogP contribution in [0.4, 0.5) is 5.82 Å². The lowest BCUT2D eigenvalue weighted by Gasteiger charge is -2.05. The molecule has 2 aromatic heterocycles. The van der Waals surface area contributed by atoms with Gasteiger partial charge in [0.2, 0.25) is 0 Å². The van der Waals surface area contributed by atoms with Gasteiger partial charge in [-0.15, -0.1) is 0 Å². The number of anilines is 1. The minimum Gasteiger partial charge on any atom is -0.344 e. The molecule has 0 bridgehead atoms. The van der Waals surface area contributed by atoms with E-state index in [0.29, 0.717) is 11.4 Å². The first-order chi connectivity index (χ1) is 11.3. The summed E-state index contributed by atoms with van der Waals surface area (Å²) >= 11 is 0. The summed E-state index contributed by atoms with van der Waals surface area (Å²) in [6, 6.07) is 12.8. The van der Waals surface area contributed by atoms with Crippen LogP contribution in [0.2, 0.25) is 0 Å². The van der Waals surface area contributed by atoms with Gasteiger partial charge in [0.05, 0.1) is 5.69 Å². The number of rotatable bonds is 5. The van der Waals surface area contributed by atoms with Crippen LogP contribution in [0.25, 0.3) is 11.4 Å². The number of aromatic amines is 1. The van der Waals surface area contributed by atoms with Gasteiger partial charge in [0.25, 0.3) is 5.91 Å². The van der Waals surface area contributed by atoms with Crippen molar-refractivity contribution in [1.29, 1.82) is 0 Å². The highest BCUT2D eigenvalue weighted by atomic mass is 16.1. The second-order valence-electron chi connectivity index (χ2n) is 5.24. The first-order valence-electron chi connectivity index (χ1n) is 7.63. The number of aromatic nitrogens is 3. The molecule has 5 heteroatoms. The fourth-order valence-corrected chi connectivity index (χ4v) is 2.32. The van der Waals surface area contributed by atoms with Crippen molar-refractivity contribution in [3.63, 3.8) is 0 Å². The molecular formula is C18H18N4O. The highest BCUT2D eigenvalue weighted by Crippen LogP contribution is 2.19. The average molecular weight is 306 g/mol. The molecule has 0 aliphatic heterocycles. The molecule has 1 amide bonds. The molecule has 0 spiro atoms. The van der Waals surface area contributed by atoms with E-state index in [1.165, 1.54) is 0 Å². The molecule has 0 unspecified atom stereocenters. The fourth-order valence-electron chi connectivity index (χ4n) is 2.32. The number of carbonyl (C=O) groups is 1. The van der Waals surface area contributed by atoms with Crippen LogP contribution >= 0.6 is 0 Å². The number of nitrogens with zero attached hydrogens (tertiary/aromatic N) is 2. The molecule has 2 N–H and O–H groups in total. The highest BCUT2D eigenvalue weighted by Gasteiger charge is 2.08. The van der Waals surface area contributed by atoms with Crippen LogP contribution in [-0.4, -0.2) is 20.9 Å². The molecule has 0 fully saturated rings. The molecule has 116 valence electrons. The van der Waals surface area contributed by atoms with E-state index in [2.05, 4.69) is 27.2 Å². The molecule has 0 saturated heterocycles. The zero-order valence-electron chi connectivity index (χ0n) is 12.9. The number of pyridine rings is 1. The quantitative estimate of drug-likeness (QED) is 0.755. The maximum Gasteiger partial charge on any atom is 0.256 e. The Bertz CT molecular complexity index is 796. The Morgan fingerprint density at radius 2 is 2.04 bits per heavy atom. The van der Waals surface area contributed by atoms with Crippen molar-refractivity contribution in [1.82, 2.24) is 15.0 Å². The van der Waals surface area contributed by atoms with E-state index in [-0.39, 0.29) is 5.91 Å². The van der Waals surface area contributed by atoms with E-state index in [0.717, 1.165) is 29.9 Å². The van der Waals surface area contributed by atoms with Gasteiger partial charge in [0.15, 0.2) is 0 Å². The topological polar surface area (TPSA) is 70.7 Å². The second-order valence-corrected chi connectivity index (χ2v) is 5.24. The maximum atomic E-state index is 12.2. The number of aryl methyl sites for hydroxylation is 1. The molecule has 0 saturated carbocycles. The normalized spacial score (nSPS) is 10.5. The summed E-state index contributed by atoms with van der Waals surface area (Å²) in [4.78, 5) is 24.1. The van der Waals surface area contributed by atoms with Gasteiger partial charge in [0.1, 0.15) is 11.6 Å². The molecule has 0 aliphatic rings. The average Bonchev–Trinajstić information content (AvgIpc) is 3.05. The van der Waals surface area contributed by atoms with Gasteiger partial charge < -0.3 is 10.3 Å². The van der Waals surface area contributed by atoms with Crippen molar-refractivity contribution >= 4 is 11.7 Å². The SMILES string of the molecule is CCCc1c[nH]c(-c2ccnc(NC(=O)c3ccccc3)c2)n1. The predicted octanol–water partition coefficient (Wildman–Crippen LogP) is 3.68. The van der Waals surface area contributed by atoms with Gasteiger partial charge in [-0.3, -0.25) is 4.79 Å². The molecule has 3 aromatic rings. The van der Waals surface area contributed by atoms with E-state index in [1.54, 1.807) is 18.3 Å². The Morgan fingerprint density at radius 1 is 1.22 bits per heavy atom. The van der Waals surface area contributed by atoms with Crippen LogP contribution in [0.15, 0.2) is 54.9 Å². The zero-order valence-corrected chi connectivity index (χ0v) is 12.9. The van der Waals surface area contributed by atoms with Crippen molar-refractivity contribution in [3.8, 4) is 11.4 Å². The number of amides is 1. The lowest BCUT2D eigenvalue weighted by atomic mass is 10.2. The van der Waals surface area contributed by atoms with Crippen LogP contribution in [0.5, 0.6) is 0 Å². The van der Waals surface area contributed by atoms with E-state index in [4.69, 9.17) is 0 Å². The molecular weight excluding hydrogens is 288 g/mol. The summed E-state index contributed by atoms with van der Waals surface area (Å²) < 4.78 is 0. The van der Waals surface area contributed by atoms with E-state index < -0.39 is 0 Å². The minimum atomic E-state index is -0.179. The number of nitrogens with one attached hydrogen (secondary N) is 2. The first-order valence-corrected chi connectivity index (χ1v) is 7.63. The number of benzene rings is 1. The summed E-state index contributed by atoms with van der Waals surface area (Å²) in [5.74, 6) is 1.11. The Labute approximate surface area is 134 Å². The Morgan fingerprint density at radius 3 is 2.83 bits per heavy atom. The van der Waals surface area contributed by atoms with Crippen molar-refractivity contribution in [3.05, 3.63) is 66.1 Å². The van der Waals surface area contributed by atoms with E-state index in [1.807, 2.05) is 36.5 Å². The molecule has 0 aliphatic carbocycles. The highest BCUT2D eigenvalue weighted by molar-refractivity contribution is 6.03. The van der Waals surface area contributed by atoms with Gasteiger partial charge in [-0.25, -0.2) is 9.97 Å². The van der Waals surface area contributed by atoms with Crippen LogP contribution in [0.3, 0.4) is 0 Å². The molecule has 5 nitrogen and oxygen atoms in total. The molecule has 0 atom stereocenters. The summed E-state index contributed by atoms with van der Waals surface area (Å²) in [5, 5.41) is 2.81. The fraction of sp³-hybridized carbons (Fsp3) is 0.167. The third-order valence-corrected chi connectivity index (χ3v) is 3.45. The van der Waals surface area contributed by atoms with Crippen LogP contribution in [0.1, 0.15) is 29.4 Å². The molecule has 23 heavy (non-hydrogen) atoms. The number of H-pyrrole nitrogens is 1. The van der Waals surface area contributed by atoms with Crippen molar-refractivity contribution in [2.45, 2.75) is 19.8 Å². The van der Waals surface area contributed by atoms with Gasteiger partial charge in [0, 0.05) is 23.5 Å². The summed E-state index contributed by atoms with van der Waals surface area (Å²) in [5.41, 5.74) is 2.53. The number of imidazole rings is 1. The molecule has 0 radical (unpaired) electrons. The largest absolute Gasteiger partial charge is 0.344 e. The maximum absolute atomic E-state index is 12.2. The third kappa shape index (κ3) is 3.63. The van der Waals surface area contributed by atoms with Crippen molar-refractivity contribution in [2.24, 2.45) is 0 Å². The predicted molar refractivity (Wildman–Crippen MR) is 90.2 cm³/mol. The minimum absolute atomic E-state index is 0.179. The summed E-state index contributed by atoms with van der Waals surface area (Å²) in [6.45, 7) is 2.12. The molecule has 2 heterocycles. The second kappa shape index (κ2) is 6.87. The van der Waals surface area contributed by atoms with Gasteiger partial charge in [-0.1, -0.05) is 31.5 Å². The zero-order chi connectivity index (χ0) is 16.1. The number of carbonyl (C=O) groups excluding carboxylic acids is 1. The van der Waals surface area contributed by atoms with E-state index in [9.17, 15) is 4.79 Å². The Kier molecular flexibility index (Phi) is 4.47. The summed E-state index contributed by atoms with van der Waals surface area (Å²) in [6.07, 6.45) is 5.58. The first kappa shape index (κ1) is 15.0. The van der Waals surface area contributed by atoms with Crippen molar-refractivity contribution < 1.29 is 4.79 Å². The number of hydrogen-bond acceptors (Lipinski definition) is 3. The van der Waals surface area contributed by atoms with Gasteiger partial charge in [-0.2, -0.15) is 0 Å².